The van der Waals surface area contributed by atoms with Crippen LogP contribution in [0.4, 0.5) is 10.1 Å². The van der Waals surface area contributed by atoms with Gasteiger partial charge in [0.25, 0.3) is 11.7 Å². The monoisotopic (exact) mass is 269 g/mol. The smallest absolute Gasteiger partial charge is 0.297 e. The molecule has 1 aliphatic rings. The number of carbonyl (C=O) groups is 2. The van der Waals surface area contributed by atoms with Gasteiger partial charge in [0, 0.05) is 10.0 Å². The van der Waals surface area contributed by atoms with Gasteiger partial charge in [-0.15, -0.1) is 0 Å². The van der Waals surface area contributed by atoms with Gasteiger partial charge in [-0.05, 0) is 22.0 Å². The van der Waals surface area contributed by atoms with Gasteiger partial charge < -0.3 is 5.32 Å². The van der Waals surface area contributed by atoms with Crippen LogP contribution in [0.2, 0.25) is 0 Å². The molecule has 0 saturated heterocycles. The molecule has 5 heteroatoms. The van der Waals surface area contributed by atoms with Crippen molar-refractivity contribution >= 4 is 39.4 Å². The molecule has 0 radical (unpaired) electrons. The number of halogens is 2. The molecule has 2 rings (SSSR count). The van der Waals surface area contributed by atoms with Crippen LogP contribution in [0.1, 0.15) is 15.9 Å². The summed E-state index contributed by atoms with van der Waals surface area (Å²) in [5.41, 5.74) is 0.482. The Morgan fingerprint density at radius 3 is 2.73 bits per heavy atom. The summed E-state index contributed by atoms with van der Waals surface area (Å²) < 4.78 is 13.9. The van der Waals surface area contributed by atoms with E-state index >= 15 is 0 Å². The highest BCUT2D eigenvalue weighted by molar-refractivity contribution is 9.10. The Morgan fingerprint density at radius 2 is 2.13 bits per heavy atom. The van der Waals surface area contributed by atoms with Crippen molar-refractivity contribution in [2.45, 2.75) is 0 Å². The zero-order valence-corrected chi connectivity index (χ0v) is 9.02. The molecule has 0 bridgehead atoms. The first-order valence-corrected chi connectivity index (χ1v) is 4.85. The molecule has 1 aliphatic heterocycles. The second kappa shape index (κ2) is 3.27. The van der Waals surface area contributed by atoms with Crippen LogP contribution in [0, 0.1) is 5.82 Å². The molecule has 15 heavy (non-hydrogen) atoms. The number of benzene rings is 1. The summed E-state index contributed by atoms with van der Waals surface area (Å²) in [6.07, 6.45) is 1.45. The SMILES string of the molecule is C=Cc1c(Br)cc(F)c2c1NC(=O)C2=O. The molecule has 76 valence electrons. The molecule has 1 N–H and O–H groups in total. The number of hydrogen-bond donors (Lipinski definition) is 1. The lowest BCUT2D eigenvalue weighted by Crippen LogP contribution is -2.13. The fourth-order valence-corrected chi connectivity index (χ4v) is 2.03. The van der Waals surface area contributed by atoms with E-state index < -0.39 is 17.5 Å². The van der Waals surface area contributed by atoms with E-state index in [9.17, 15) is 14.0 Å². The molecule has 0 saturated carbocycles. The Morgan fingerprint density at radius 1 is 1.47 bits per heavy atom. The molecule has 0 unspecified atom stereocenters. The molecule has 0 spiro atoms. The Balaban J connectivity index is 2.82. The van der Waals surface area contributed by atoms with Crippen LogP contribution in [0.15, 0.2) is 17.1 Å². The maximum Gasteiger partial charge on any atom is 0.297 e. The molecule has 0 fully saturated rings. The molecule has 1 aromatic carbocycles. The van der Waals surface area contributed by atoms with E-state index in [0.29, 0.717) is 10.0 Å². The molecule has 0 aliphatic carbocycles. The third-order valence-corrected chi connectivity index (χ3v) is 2.80. The van der Waals surface area contributed by atoms with Crippen molar-refractivity contribution < 1.29 is 14.0 Å². The molecular formula is C10H5BrFNO2. The lowest BCUT2D eigenvalue weighted by molar-refractivity contribution is -0.112. The minimum Gasteiger partial charge on any atom is -0.318 e. The highest BCUT2D eigenvalue weighted by atomic mass is 79.9. The predicted molar refractivity (Wildman–Crippen MR) is 57.2 cm³/mol. The van der Waals surface area contributed by atoms with E-state index in [-0.39, 0.29) is 11.3 Å². The Kier molecular flexibility index (Phi) is 2.19. The van der Waals surface area contributed by atoms with Crippen LogP contribution in [0.25, 0.3) is 6.08 Å². The number of ketones is 1. The van der Waals surface area contributed by atoms with Crippen molar-refractivity contribution in [2.24, 2.45) is 0 Å². The average Bonchev–Trinajstić information content (AvgIpc) is 2.44. The van der Waals surface area contributed by atoms with Crippen molar-refractivity contribution in [1.29, 1.82) is 0 Å². The van der Waals surface area contributed by atoms with Crippen molar-refractivity contribution in [3.05, 3.63) is 34.1 Å². The zero-order valence-electron chi connectivity index (χ0n) is 7.43. The second-order valence-electron chi connectivity index (χ2n) is 2.99. The van der Waals surface area contributed by atoms with Gasteiger partial charge in [-0.2, -0.15) is 0 Å². The number of amides is 1. The minimum atomic E-state index is -0.849. The Hall–Kier alpha value is -1.49. The van der Waals surface area contributed by atoms with E-state index in [4.69, 9.17) is 0 Å². The van der Waals surface area contributed by atoms with Gasteiger partial charge in [-0.3, -0.25) is 9.59 Å². The number of hydrogen-bond acceptors (Lipinski definition) is 2. The lowest BCUT2D eigenvalue weighted by Gasteiger charge is -2.06. The zero-order chi connectivity index (χ0) is 11.2. The third-order valence-electron chi connectivity index (χ3n) is 2.14. The Labute approximate surface area is 93.1 Å². The summed E-state index contributed by atoms with van der Waals surface area (Å²) >= 11 is 3.13. The summed E-state index contributed by atoms with van der Waals surface area (Å²) in [6.45, 7) is 3.53. The predicted octanol–water partition coefficient (Wildman–Crippen LogP) is 2.37. The van der Waals surface area contributed by atoms with Crippen molar-refractivity contribution in [3.8, 4) is 0 Å². The largest absolute Gasteiger partial charge is 0.318 e. The number of Topliss-reactive ketones (excluding diaryl/α,β-unsaturated/α-hetero) is 1. The lowest BCUT2D eigenvalue weighted by atomic mass is 10.1. The van der Waals surface area contributed by atoms with Crippen molar-refractivity contribution in [2.75, 3.05) is 5.32 Å². The van der Waals surface area contributed by atoms with Crippen LogP contribution < -0.4 is 5.32 Å². The molecule has 0 aromatic heterocycles. The van der Waals surface area contributed by atoms with Crippen LogP contribution in [-0.4, -0.2) is 11.7 Å². The van der Waals surface area contributed by atoms with Gasteiger partial charge in [0.2, 0.25) is 0 Å². The summed E-state index contributed by atoms with van der Waals surface area (Å²) in [4.78, 5) is 22.4. The maximum absolute atomic E-state index is 13.4. The average molecular weight is 270 g/mol. The fraction of sp³-hybridized carbons (Fsp3) is 0. The highest BCUT2D eigenvalue weighted by Gasteiger charge is 2.33. The van der Waals surface area contributed by atoms with Gasteiger partial charge in [0.1, 0.15) is 5.82 Å². The van der Waals surface area contributed by atoms with E-state index in [2.05, 4.69) is 27.8 Å². The van der Waals surface area contributed by atoms with Gasteiger partial charge in [0.15, 0.2) is 0 Å². The number of rotatable bonds is 1. The van der Waals surface area contributed by atoms with Crippen LogP contribution in [-0.2, 0) is 4.79 Å². The van der Waals surface area contributed by atoms with Crippen molar-refractivity contribution in [3.63, 3.8) is 0 Å². The molecule has 1 heterocycles. The first-order valence-electron chi connectivity index (χ1n) is 4.06. The maximum atomic E-state index is 13.4. The first-order chi connectivity index (χ1) is 7.06. The molecule has 1 aromatic rings. The van der Waals surface area contributed by atoms with Gasteiger partial charge >= 0.3 is 0 Å². The van der Waals surface area contributed by atoms with Gasteiger partial charge in [0.05, 0.1) is 11.3 Å². The molecule has 3 nitrogen and oxygen atoms in total. The Bertz CT molecular complexity index is 511. The van der Waals surface area contributed by atoms with Crippen LogP contribution in [0.5, 0.6) is 0 Å². The minimum absolute atomic E-state index is 0.187. The van der Waals surface area contributed by atoms with Gasteiger partial charge in [-0.25, -0.2) is 4.39 Å². The van der Waals surface area contributed by atoms with E-state index in [1.807, 2.05) is 0 Å². The molecule has 0 atom stereocenters. The number of anilines is 1. The summed E-state index contributed by atoms with van der Waals surface area (Å²) in [7, 11) is 0. The number of carbonyl (C=O) groups excluding carboxylic acids is 2. The fourth-order valence-electron chi connectivity index (χ4n) is 1.47. The molecule has 1 amide bonds. The summed E-state index contributed by atoms with van der Waals surface area (Å²) in [5, 5.41) is 2.32. The van der Waals surface area contributed by atoms with Crippen LogP contribution in [0.3, 0.4) is 0 Å². The van der Waals surface area contributed by atoms with Gasteiger partial charge in [-0.1, -0.05) is 12.7 Å². The standard InChI is InChI=1S/C10H5BrFNO2/c1-2-4-5(11)3-6(12)7-8(4)13-10(15)9(7)14/h2-3H,1H2,(H,13,14,15). The second-order valence-corrected chi connectivity index (χ2v) is 3.85. The van der Waals surface area contributed by atoms with Crippen LogP contribution >= 0.6 is 15.9 Å². The van der Waals surface area contributed by atoms with Crippen molar-refractivity contribution in [1.82, 2.24) is 0 Å². The number of nitrogens with one attached hydrogen (secondary N) is 1. The first kappa shape index (κ1) is 10.0. The quantitative estimate of drug-likeness (QED) is 0.796. The van der Waals surface area contributed by atoms with E-state index in [1.165, 1.54) is 6.08 Å². The van der Waals surface area contributed by atoms with E-state index in [0.717, 1.165) is 6.07 Å². The van der Waals surface area contributed by atoms with E-state index in [1.54, 1.807) is 0 Å². The normalized spacial score (nSPS) is 13.7. The molecular weight excluding hydrogens is 265 g/mol. The summed E-state index contributed by atoms with van der Waals surface area (Å²) in [5.74, 6) is -2.38. The highest BCUT2D eigenvalue weighted by Crippen LogP contribution is 2.35. The third kappa shape index (κ3) is 1.31. The number of fused-ring (bicyclic) bond motifs is 1. The topological polar surface area (TPSA) is 46.2 Å². The summed E-state index contributed by atoms with van der Waals surface area (Å²) in [6, 6.07) is 1.15.